The van der Waals surface area contributed by atoms with Crippen molar-refractivity contribution in [1.29, 1.82) is 0 Å². The summed E-state index contributed by atoms with van der Waals surface area (Å²) in [6, 6.07) is 7.96. The molecule has 88 valence electrons. The highest BCUT2D eigenvalue weighted by molar-refractivity contribution is 5.92. The predicted octanol–water partition coefficient (Wildman–Crippen LogP) is 2.09. The van der Waals surface area contributed by atoms with Crippen LogP contribution in [0.15, 0.2) is 24.3 Å². The number of hydrogen-bond acceptors (Lipinski definition) is 2. The third kappa shape index (κ3) is 3.66. The fourth-order valence-electron chi connectivity index (χ4n) is 1.57. The normalized spacial score (nSPS) is 10.2. The van der Waals surface area contributed by atoms with Gasteiger partial charge in [0.1, 0.15) is 0 Å². The first-order valence-corrected chi connectivity index (χ1v) is 5.68. The van der Waals surface area contributed by atoms with E-state index in [-0.39, 0.29) is 5.91 Å². The Balaban J connectivity index is 2.56. The zero-order chi connectivity index (χ0) is 12.0. The molecule has 0 heterocycles. The molecule has 3 nitrogen and oxygen atoms in total. The largest absolute Gasteiger partial charge is 0.330 e. The Kier molecular flexibility index (Phi) is 4.99. The van der Waals surface area contributed by atoms with Crippen LogP contribution < -0.4 is 10.6 Å². The molecule has 1 aromatic carbocycles. The standard InChI is InChI=1S/C13H20N2O/c1-11-6-5-7-12(10-11)15(2)13(16)8-3-4-9-14/h5-7,10H,3-4,8-9,14H2,1-2H3. The van der Waals surface area contributed by atoms with Crippen LogP contribution in [-0.4, -0.2) is 19.5 Å². The summed E-state index contributed by atoms with van der Waals surface area (Å²) < 4.78 is 0. The van der Waals surface area contributed by atoms with Crippen molar-refractivity contribution in [3.05, 3.63) is 29.8 Å². The highest BCUT2D eigenvalue weighted by Gasteiger charge is 2.09. The first kappa shape index (κ1) is 12.7. The van der Waals surface area contributed by atoms with Gasteiger partial charge in [-0.25, -0.2) is 0 Å². The molecule has 0 aliphatic carbocycles. The van der Waals surface area contributed by atoms with Crippen molar-refractivity contribution in [2.24, 2.45) is 5.73 Å². The van der Waals surface area contributed by atoms with E-state index in [1.165, 1.54) is 5.56 Å². The van der Waals surface area contributed by atoms with Gasteiger partial charge in [-0.3, -0.25) is 4.79 Å². The summed E-state index contributed by atoms with van der Waals surface area (Å²) in [4.78, 5) is 13.5. The first-order chi connectivity index (χ1) is 7.65. The molecular weight excluding hydrogens is 200 g/mol. The lowest BCUT2D eigenvalue weighted by Gasteiger charge is -2.17. The molecule has 0 aromatic heterocycles. The molecule has 0 spiro atoms. The minimum atomic E-state index is 0.152. The number of rotatable bonds is 5. The van der Waals surface area contributed by atoms with Crippen LogP contribution >= 0.6 is 0 Å². The fourth-order valence-corrected chi connectivity index (χ4v) is 1.57. The van der Waals surface area contributed by atoms with E-state index in [9.17, 15) is 4.79 Å². The van der Waals surface area contributed by atoms with E-state index in [1.807, 2.05) is 38.2 Å². The number of unbranched alkanes of at least 4 members (excludes halogenated alkanes) is 1. The molecule has 0 radical (unpaired) electrons. The van der Waals surface area contributed by atoms with E-state index >= 15 is 0 Å². The van der Waals surface area contributed by atoms with E-state index in [0.29, 0.717) is 13.0 Å². The zero-order valence-corrected chi connectivity index (χ0v) is 10.1. The molecule has 1 rings (SSSR count). The van der Waals surface area contributed by atoms with Gasteiger partial charge in [-0.15, -0.1) is 0 Å². The number of hydrogen-bond donors (Lipinski definition) is 1. The molecule has 1 aromatic rings. The quantitative estimate of drug-likeness (QED) is 0.772. The molecule has 16 heavy (non-hydrogen) atoms. The number of nitrogens with zero attached hydrogens (tertiary/aromatic N) is 1. The van der Waals surface area contributed by atoms with Gasteiger partial charge in [-0.05, 0) is 44.0 Å². The summed E-state index contributed by atoms with van der Waals surface area (Å²) >= 11 is 0. The third-order valence-corrected chi connectivity index (χ3v) is 2.61. The van der Waals surface area contributed by atoms with Gasteiger partial charge in [0.25, 0.3) is 0 Å². The summed E-state index contributed by atoms with van der Waals surface area (Å²) in [6.07, 6.45) is 2.35. The molecule has 0 saturated heterocycles. The van der Waals surface area contributed by atoms with Crippen LogP contribution in [0, 0.1) is 6.92 Å². The van der Waals surface area contributed by atoms with E-state index in [2.05, 4.69) is 0 Å². The molecule has 0 atom stereocenters. The van der Waals surface area contributed by atoms with Gasteiger partial charge >= 0.3 is 0 Å². The van der Waals surface area contributed by atoms with Crippen LogP contribution in [0.5, 0.6) is 0 Å². The average Bonchev–Trinajstić information content (AvgIpc) is 2.28. The average molecular weight is 220 g/mol. The summed E-state index contributed by atoms with van der Waals surface area (Å²) in [7, 11) is 1.82. The number of nitrogens with two attached hydrogens (primary N) is 1. The lowest BCUT2D eigenvalue weighted by Crippen LogP contribution is -2.26. The minimum absolute atomic E-state index is 0.152. The maximum absolute atomic E-state index is 11.8. The van der Waals surface area contributed by atoms with Gasteiger partial charge < -0.3 is 10.6 Å². The lowest BCUT2D eigenvalue weighted by molar-refractivity contribution is -0.118. The maximum atomic E-state index is 11.8. The number of carbonyl (C=O) groups is 1. The van der Waals surface area contributed by atoms with Crippen molar-refractivity contribution in [1.82, 2.24) is 0 Å². The Morgan fingerprint density at radius 3 is 2.75 bits per heavy atom. The molecule has 0 fully saturated rings. The van der Waals surface area contributed by atoms with Crippen molar-refractivity contribution < 1.29 is 4.79 Å². The Morgan fingerprint density at radius 2 is 2.12 bits per heavy atom. The van der Waals surface area contributed by atoms with E-state index in [4.69, 9.17) is 5.73 Å². The molecule has 0 saturated carbocycles. The molecule has 3 heteroatoms. The summed E-state index contributed by atoms with van der Waals surface area (Å²) in [5.41, 5.74) is 7.52. The maximum Gasteiger partial charge on any atom is 0.226 e. The monoisotopic (exact) mass is 220 g/mol. The lowest BCUT2D eigenvalue weighted by atomic mass is 10.2. The second-order valence-electron chi connectivity index (χ2n) is 4.04. The van der Waals surface area contributed by atoms with E-state index < -0.39 is 0 Å². The third-order valence-electron chi connectivity index (χ3n) is 2.61. The second kappa shape index (κ2) is 6.28. The van der Waals surface area contributed by atoms with E-state index in [1.54, 1.807) is 4.90 Å². The second-order valence-corrected chi connectivity index (χ2v) is 4.04. The smallest absolute Gasteiger partial charge is 0.226 e. The molecule has 1 amide bonds. The van der Waals surface area contributed by atoms with Gasteiger partial charge in [-0.2, -0.15) is 0 Å². The Labute approximate surface area is 97.2 Å². The van der Waals surface area contributed by atoms with Gasteiger partial charge in [-0.1, -0.05) is 12.1 Å². The van der Waals surface area contributed by atoms with Crippen molar-refractivity contribution in [2.75, 3.05) is 18.5 Å². The van der Waals surface area contributed by atoms with Crippen LogP contribution in [0.4, 0.5) is 5.69 Å². The van der Waals surface area contributed by atoms with Crippen LogP contribution in [-0.2, 0) is 4.79 Å². The number of benzene rings is 1. The Hall–Kier alpha value is -1.35. The molecule has 0 aliphatic heterocycles. The first-order valence-electron chi connectivity index (χ1n) is 5.68. The van der Waals surface area contributed by atoms with Crippen molar-refractivity contribution in [3.8, 4) is 0 Å². The molecular formula is C13H20N2O. The fraction of sp³-hybridized carbons (Fsp3) is 0.462. The van der Waals surface area contributed by atoms with Crippen LogP contribution in [0.1, 0.15) is 24.8 Å². The van der Waals surface area contributed by atoms with Crippen LogP contribution in [0.25, 0.3) is 0 Å². The number of anilines is 1. The van der Waals surface area contributed by atoms with Crippen molar-refractivity contribution >= 4 is 11.6 Å². The molecule has 0 unspecified atom stereocenters. The zero-order valence-electron chi connectivity index (χ0n) is 10.1. The Bertz CT molecular complexity index is 350. The molecule has 0 aliphatic rings. The highest BCUT2D eigenvalue weighted by Crippen LogP contribution is 2.15. The van der Waals surface area contributed by atoms with Crippen LogP contribution in [0.2, 0.25) is 0 Å². The van der Waals surface area contributed by atoms with Gasteiger partial charge in [0.2, 0.25) is 5.91 Å². The number of aryl methyl sites for hydroxylation is 1. The van der Waals surface area contributed by atoms with Gasteiger partial charge in [0.05, 0.1) is 0 Å². The van der Waals surface area contributed by atoms with Crippen molar-refractivity contribution in [2.45, 2.75) is 26.2 Å². The summed E-state index contributed by atoms with van der Waals surface area (Å²) in [5.74, 6) is 0.152. The summed E-state index contributed by atoms with van der Waals surface area (Å²) in [6.45, 7) is 2.68. The number of amides is 1. The number of carbonyl (C=O) groups excluding carboxylic acids is 1. The molecule has 2 N–H and O–H groups in total. The predicted molar refractivity (Wildman–Crippen MR) is 67.5 cm³/mol. The highest BCUT2D eigenvalue weighted by atomic mass is 16.2. The van der Waals surface area contributed by atoms with Gasteiger partial charge in [0.15, 0.2) is 0 Å². The van der Waals surface area contributed by atoms with Crippen LogP contribution in [0.3, 0.4) is 0 Å². The SMILES string of the molecule is Cc1cccc(N(C)C(=O)CCCCN)c1. The molecule has 0 bridgehead atoms. The summed E-state index contributed by atoms with van der Waals surface area (Å²) in [5, 5.41) is 0. The Morgan fingerprint density at radius 1 is 1.38 bits per heavy atom. The minimum Gasteiger partial charge on any atom is -0.330 e. The van der Waals surface area contributed by atoms with E-state index in [0.717, 1.165) is 18.5 Å². The van der Waals surface area contributed by atoms with Crippen molar-refractivity contribution in [3.63, 3.8) is 0 Å². The van der Waals surface area contributed by atoms with Gasteiger partial charge in [0, 0.05) is 19.2 Å². The topological polar surface area (TPSA) is 46.3 Å².